The number of hydrogen-bond acceptors (Lipinski definition) is 6. The lowest BCUT2D eigenvalue weighted by molar-refractivity contribution is -0.164. The van der Waals surface area contributed by atoms with E-state index in [0.717, 1.165) is 37.8 Å². The number of fused-ring (bicyclic) bond motifs is 2. The van der Waals surface area contributed by atoms with Crippen molar-refractivity contribution in [1.29, 1.82) is 0 Å². The molecule has 11 heteroatoms. The lowest BCUT2D eigenvalue weighted by Gasteiger charge is -2.71. The highest BCUT2D eigenvalue weighted by Crippen LogP contribution is 2.79. The van der Waals surface area contributed by atoms with Crippen molar-refractivity contribution in [2.24, 2.45) is 33.5 Å². The molecule has 9 rings (SSSR count). The van der Waals surface area contributed by atoms with Gasteiger partial charge < -0.3 is 23.9 Å². The number of hydrogen-bond donors (Lipinski definition) is 1. The van der Waals surface area contributed by atoms with Crippen LogP contribution in [-0.4, -0.2) is 60.4 Å². The summed E-state index contributed by atoms with van der Waals surface area (Å²) < 4.78 is 58.5. The summed E-state index contributed by atoms with van der Waals surface area (Å²) in [5.41, 5.74) is -2.76. The highest BCUT2D eigenvalue weighted by atomic mass is 35.5. The molecule has 3 spiro atoms. The Morgan fingerprint density at radius 2 is 1.80 bits per heavy atom. The van der Waals surface area contributed by atoms with Crippen LogP contribution in [0, 0.1) is 33.5 Å². The third kappa shape index (κ3) is 4.49. The summed E-state index contributed by atoms with van der Waals surface area (Å²) in [6.45, 7) is 6.15. The first-order valence-electron chi connectivity index (χ1n) is 17.7. The molecule has 6 aliphatic carbocycles. The molecule has 7 aliphatic rings. The van der Waals surface area contributed by atoms with Crippen LogP contribution in [0.4, 0.5) is 18.0 Å². The lowest BCUT2D eigenvalue weighted by Crippen LogP contribution is -2.67. The first-order chi connectivity index (χ1) is 23.6. The molecule has 1 N–H and O–H groups in total. The summed E-state index contributed by atoms with van der Waals surface area (Å²) in [7, 11) is 1.64. The number of carbonyl (C=O) groups is 2. The van der Waals surface area contributed by atoms with Crippen molar-refractivity contribution >= 4 is 23.5 Å². The molecular formula is C39H43ClF3NO6. The second kappa shape index (κ2) is 11.2. The normalized spacial score (nSPS) is 38.6. The Kier molecular flexibility index (Phi) is 7.63. The molecule has 7 nitrogen and oxygen atoms in total. The van der Waals surface area contributed by atoms with E-state index in [2.05, 4.69) is 32.1 Å². The zero-order valence-corrected chi connectivity index (χ0v) is 29.3. The highest BCUT2D eigenvalue weighted by Gasteiger charge is 2.76. The van der Waals surface area contributed by atoms with E-state index in [1.54, 1.807) is 12.0 Å². The Labute approximate surface area is 294 Å². The average Bonchev–Trinajstić information content (AvgIpc) is 3.76. The molecule has 3 saturated carbocycles. The number of nitrogens with zero attached hydrogens (tertiary/aromatic N) is 1. The highest BCUT2D eigenvalue weighted by molar-refractivity contribution is 6.33. The number of ketones is 1. The molecule has 50 heavy (non-hydrogen) atoms. The van der Waals surface area contributed by atoms with Crippen LogP contribution >= 0.6 is 11.6 Å². The molecule has 1 aromatic heterocycles. The van der Waals surface area contributed by atoms with Gasteiger partial charge in [-0.1, -0.05) is 43.7 Å². The minimum atomic E-state index is -4.57. The maximum absolute atomic E-state index is 14.9. The maximum Gasteiger partial charge on any atom is 0.416 e. The van der Waals surface area contributed by atoms with E-state index >= 15 is 0 Å². The summed E-state index contributed by atoms with van der Waals surface area (Å²) in [4.78, 5) is 30.0. The number of halogens is 4. The van der Waals surface area contributed by atoms with Crippen LogP contribution in [0.2, 0.25) is 5.02 Å². The maximum atomic E-state index is 14.9. The van der Waals surface area contributed by atoms with Crippen LogP contribution in [0.1, 0.15) is 81.3 Å². The molecule has 1 aliphatic heterocycles. The van der Waals surface area contributed by atoms with E-state index in [9.17, 15) is 27.9 Å². The van der Waals surface area contributed by atoms with Crippen LogP contribution in [0.5, 0.6) is 0 Å². The monoisotopic (exact) mass is 713 g/mol. The summed E-state index contributed by atoms with van der Waals surface area (Å²) in [6, 6.07) is 6.06. The molecule has 8 unspecified atom stereocenters. The van der Waals surface area contributed by atoms with Crippen molar-refractivity contribution in [3.63, 3.8) is 0 Å². The van der Waals surface area contributed by atoms with Gasteiger partial charge in [0.15, 0.2) is 5.76 Å². The molecule has 268 valence electrons. The summed E-state index contributed by atoms with van der Waals surface area (Å²) in [5, 5.41) is 11.1. The molecule has 4 fully saturated rings. The zero-order valence-electron chi connectivity index (χ0n) is 28.6. The minimum absolute atomic E-state index is 0.0266. The number of allylic oxidation sites excluding steroid dienone is 4. The number of ether oxygens (including phenoxy) is 2. The second-order valence-electron chi connectivity index (χ2n) is 16.1. The largest absolute Gasteiger partial charge is 0.453 e. The summed E-state index contributed by atoms with van der Waals surface area (Å²) >= 11 is 6.35. The topological polar surface area (TPSA) is 89.2 Å². The van der Waals surface area contributed by atoms with Crippen molar-refractivity contribution in [3.8, 4) is 11.3 Å². The molecule has 2 aromatic rings. The Bertz CT molecular complexity index is 1820. The van der Waals surface area contributed by atoms with Gasteiger partial charge in [-0.25, -0.2) is 4.79 Å². The van der Waals surface area contributed by atoms with Gasteiger partial charge in [0, 0.05) is 47.6 Å². The SMILES string of the molecule is COCCCN1CC2(CCC3C45C=CC6(C=C4C(=O)c4ccc(-c7cc(C(F)(F)F)ccc7Cl)o4)CC(O)CCC6(C)C5CCC32C)OC1=O. The summed E-state index contributed by atoms with van der Waals surface area (Å²) in [5.74, 6) is -0.149. The van der Waals surface area contributed by atoms with E-state index < -0.39 is 39.7 Å². The first kappa shape index (κ1) is 34.0. The lowest BCUT2D eigenvalue weighted by atomic mass is 9.32. The number of methoxy groups -OCH3 is 1. The fourth-order valence-electron chi connectivity index (χ4n) is 11.6. The Morgan fingerprint density at radius 3 is 2.56 bits per heavy atom. The van der Waals surface area contributed by atoms with Gasteiger partial charge in [-0.2, -0.15) is 13.2 Å². The van der Waals surface area contributed by atoms with Gasteiger partial charge in [0.1, 0.15) is 11.4 Å². The number of carbonyl (C=O) groups excluding carboxylic acids is 2. The number of furan rings is 1. The molecule has 1 aromatic carbocycles. The minimum Gasteiger partial charge on any atom is -0.453 e. The third-order valence-corrected chi connectivity index (χ3v) is 14.4. The Morgan fingerprint density at radius 1 is 1.06 bits per heavy atom. The fourth-order valence-corrected chi connectivity index (χ4v) is 11.8. The zero-order chi connectivity index (χ0) is 35.5. The van der Waals surface area contributed by atoms with Crippen LogP contribution in [0.15, 0.2) is 58.6 Å². The van der Waals surface area contributed by atoms with E-state index in [1.807, 2.05) is 0 Å². The van der Waals surface area contributed by atoms with Gasteiger partial charge in [0.25, 0.3) is 0 Å². The van der Waals surface area contributed by atoms with Crippen molar-refractivity contribution in [1.82, 2.24) is 4.90 Å². The molecule has 2 heterocycles. The third-order valence-electron chi connectivity index (χ3n) is 14.1. The second-order valence-corrected chi connectivity index (χ2v) is 16.5. The predicted molar refractivity (Wildman–Crippen MR) is 179 cm³/mol. The molecule has 1 amide bonds. The molecule has 0 radical (unpaired) electrons. The molecule has 2 bridgehead atoms. The fraction of sp³-hybridized carbons (Fsp3) is 0.590. The standard InChI is InChI=1S/C39H43ClF3NO6/c1-34-12-9-24(45)20-36(34)15-16-38(26(21-36)32(46)29-8-7-28(49-29)25-19-23(39(41,42)43)5-6-27(25)40)30(34)10-13-35(2)31(38)11-14-37(35)22-44(33(47)50-37)17-4-18-48-3/h5-8,15-16,19,21,24,30-31,45H,4,9-14,17-18,20,22H2,1-3H3. The first-order valence-corrected chi connectivity index (χ1v) is 18.1. The quantitative estimate of drug-likeness (QED) is 0.175. The van der Waals surface area contributed by atoms with Gasteiger partial charge in [0.05, 0.1) is 23.2 Å². The van der Waals surface area contributed by atoms with Gasteiger partial charge in [-0.3, -0.25) is 4.79 Å². The van der Waals surface area contributed by atoms with E-state index in [-0.39, 0.29) is 51.2 Å². The Hall–Kier alpha value is -3.08. The number of alkyl halides is 3. The number of amides is 1. The van der Waals surface area contributed by atoms with Crippen LogP contribution in [0.3, 0.4) is 0 Å². The van der Waals surface area contributed by atoms with Crippen molar-refractivity contribution in [3.05, 3.63) is 70.5 Å². The van der Waals surface area contributed by atoms with E-state index in [1.165, 1.54) is 18.2 Å². The average molecular weight is 714 g/mol. The van der Waals surface area contributed by atoms with Crippen molar-refractivity contribution in [2.45, 2.75) is 83.1 Å². The van der Waals surface area contributed by atoms with Gasteiger partial charge >= 0.3 is 12.3 Å². The van der Waals surface area contributed by atoms with Crippen molar-refractivity contribution in [2.75, 3.05) is 26.8 Å². The van der Waals surface area contributed by atoms with Crippen LogP contribution in [0.25, 0.3) is 11.3 Å². The van der Waals surface area contributed by atoms with Gasteiger partial charge in [-0.15, -0.1) is 0 Å². The van der Waals surface area contributed by atoms with Gasteiger partial charge in [-0.05, 0) is 98.9 Å². The molecule has 8 atom stereocenters. The Balaban J connectivity index is 1.21. The van der Waals surface area contributed by atoms with E-state index in [4.69, 9.17) is 25.5 Å². The van der Waals surface area contributed by atoms with Gasteiger partial charge in [0.2, 0.25) is 5.78 Å². The number of aliphatic hydroxyl groups is 1. The molecule has 1 saturated heterocycles. The van der Waals surface area contributed by atoms with E-state index in [0.29, 0.717) is 51.0 Å². The number of benzene rings is 1. The van der Waals surface area contributed by atoms with Crippen molar-refractivity contribution < 1.29 is 41.8 Å². The smallest absolute Gasteiger partial charge is 0.416 e. The summed E-state index contributed by atoms with van der Waals surface area (Å²) in [6.07, 6.45) is 7.03. The number of rotatable bonds is 7. The number of aliphatic hydroxyl groups excluding tert-OH is 1. The van der Waals surface area contributed by atoms with Crippen LogP contribution < -0.4 is 0 Å². The van der Waals surface area contributed by atoms with Crippen LogP contribution in [-0.2, 0) is 15.7 Å². The number of Topliss-reactive ketones (excluding diaryl/α,β-unsaturated/α-hetero) is 1. The predicted octanol–water partition coefficient (Wildman–Crippen LogP) is 8.89. The molecular weight excluding hydrogens is 671 g/mol.